The van der Waals surface area contributed by atoms with Gasteiger partial charge in [0.25, 0.3) is 0 Å². The Morgan fingerprint density at radius 2 is 2.09 bits per heavy atom. The second kappa shape index (κ2) is 7.68. The number of carbonyl (C=O) groups excluding carboxylic acids is 1. The second-order valence-corrected chi connectivity index (χ2v) is 6.94. The molecule has 1 unspecified atom stereocenters. The minimum absolute atomic E-state index is 0.182. The van der Waals surface area contributed by atoms with Crippen molar-refractivity contribution in [1.29, 1.82) is 0 Å². The lowest BCUT2D eigenvalue weighted by atomic mass is 9.99. The summed E-state index contributed by atoms with van der Waals surface area (Å²) < 4.78 is 1.90. The van der Waals surface area contributed by atoms with Crippen LogP contribution in [0.1, 0.15) is 36.6 Å². The van der Waals surface area contributed by atoms with E-state index in [2.05, 4.69) is 22.1 Å². The van der Waals surface area contributed by atoms with Gasteiger partial charge in [0.1, 0.15) is 0 Å². The molecule has 0 N–H and O–H groups in total. The third-order valence-electron chi connectivity index (χ3n) is 4.36. The van der Waals surface area contributed by atoms with Crippen molar-refractivity contribution in [1.82, 2.24) is 14.7 Å². The molecule has 0 spiro atoms. The maximum atomic E-state index is 12.7. The van der Waals surface area contributed by atoms with E-state index in [1.807, 2.05) is 42.2 Å². The quantitative estimate of drug-likeness (QED) is 0.844. The van der Waals surface area contributed by atoms with Gasteiger partial charge in [-0.05, 0) is 30.9 Å². The van der Waals surface area contributed by atoms with Gasteiger partial charge < -0.3 is 4.90 Å². The number of aromatic nitrogens is 2. The highest BCUT2D eigenvalue weighted by Gasteiger charge is 2.29. The Bertz CT molecular complexity index is 641. The number of hydrogen-bond acceptors (Lipinski definition) is 3. The van der Waals surface area contributed by atoms with Crippen molar-refractivity contribution in [2.75, 3.05) is 12.3 Å². The maximum absolute atomic E-state index is 12.7. The van der Waals surface area contributed by atoms with Crippen LogP contribution in [0.5, 0.6) is 0 Å². The number of nitrogens with zero attached hydrogens (tertiary/aromatic N) is 3. The van der Waals surface area contributed by atoms with Gasteiger partial charge >= 0.3 is 0 Å². The van der Waals surface area contributed by atoms with Crippen LogP contribution >= 0.6 is 11.8 Å². The predicted octanol–water partition coefficient (Wildman–Crippen LogP) is 3.41. The lowest BCUT2D eigenvalue weighted by molar-refractivity contribution is -0.132. The van der Waals surface area contributed by atoms with Crippen LogP contribution in [0.2, 0.25) is 0 Å². The first kappa shape index (κ1) is 16.1. The van der Waals surface area contributed by atoms with E-state index in [9.17, 15) is 4.79 Å². The summed E-state index contributed by atoms with van der Waals surface area (Å²) in [5, 5.41) is 4.26. The maximum Gasteiger partial charge on any atom is 0.233 e. The topological polar surface area (TPSA) is 38.1 Å². The number of thioether (sulfide) groups is 1. The third-order valence-corrected chi connectivity index (χ3v) is 5.35. The van der Waals surface area contributed by atoms with Crippen LogP contribution in [0.25, 0.3) is 0 Å². The Balaban J connectivity index is 1.59. The largest absolute Gasteiger partial charge is 0.333 e. The first-order valence-corrected chi connectivity index (χ1v) is 9.30. The number of piperidine rings is 1. The molecular weight excluding hydrogens is 306 g/mol. The van der Waals surface area contributed by atoms with E-state index in [0.29, 0.717) is 5.75 Å². The highest BCUT2D eigenvalue weighted by molar-refractivity contribution is 7.99. The zero-order valence-electron chi connectivity index (χ0n) is 13.5. The van der Waals surface area contributed by atoms with E-state index in [1.54, 1.807) is 11.8 Å². The second-order valence-electron chi connectivity index (χ2n) is 5.96. The van der Waals surface area contributed by atoms with Crippen LogP contribution in [0, 0.1) is 0 Å². The van der Waals surface area contributed by atoms with E-state index in [4.69, 9.17) is 0 Å². The molecular formula is C18H23N3OS. The summed E-state index contributed by atoms with van der Waals surface area (Å²) in [7, 11) is 1.96. The van der Waals surface area contributed by atoms with Gasteiger partial charge in [-0.3, -0.25) is 9.48 Å². The fourth-order valence-electron chi connectivity index (χ4n) is 3.16. The van der Waals surface area contributed by atoms with E-state index in [0.717, 1.165) is 30.8 Å². The van der Waals surface area contributed by atoms with Crippen molar-refractivity contribution in [3.05, 3.63) is 53.9 Å². The number of amides is 1. The molecule has 1 aliphatic rings. The molecule has 0 bridgehead atoms. The molecule has 1 fully saturated rings. The minimum atomic E-state index is 0.182. The molecule has 1 aliphatic heterocycles. The van der Waals surface area contributed by atoms with E-state index in [-0.39, 0.29) is 11.9 Å². The predicted molar refractivity (Wildman–Crippen MR) is 94.1 cm³/mol. The first-order chi connectivity index (χ1) is 11.3. The molecule has 5 heteroatoms. The lowest BCUT2D eigenvalue weighted by Crippen LogP contribution is -2.40. The van der Waals surface area contributed by atoms with E-state index in [1.165, 1.54) is 12.0 Å². The van der Waals surface area contributed by atoms with Crippen LogP contribution in [-0.4, -0.2) is 32.9 Å². The summed E-state index contributed by atoms with van der Waals surface area (Å²) in [6.45, 7) is 0.862. The summed E-state index contributed by atoms with van der Waals surface area (Å²) in [4.78, 5) is 14.7. The molecule has 0 radical (unpaired) electrons. The SMILES string of the molecule is Cn1nccc1C1CCCCN1C(=O)CSCc1ccccc1. The molecule has 0 aliphatic carbocycles. The molecule has 122 valence electrons. The van der Waals surface area contributed by atoms with Crippen molar-refractivity contribution < 1.29 is 4.79 Å². The molecule has 0 saturated carbocycles. The fourth-order valence-corrected chi connectivity index (χ4v) is 4.03. The van der Waals surface area contributed by atoms with Gasteiger partial charge in [0.15, 0.2) is 0 Å². The number of benzene rings is 1. The van der Waals surface area contributed by atoms with Crippen LogP contribution in [0.3, 0.4) is 0 Å². The van der Waals surface area contributed by atoms with Crippen molar-refractivity contribution in [2.45, 2.75) is 31.1 Å². The Morgan fingerprint density at radius 1 is 1.26 bits per heavy atom. The lowest BCUT2D eigenvalue weighted by Gasteiger charge is -2.35. The molecule has 2 heterocycles. The zero-order chi connectivity index (χ0) is 16.1. The molecule has 2 aromatic rings. The van der Waals surface area contributed by atoms with Gasteiger partial charge in [-0.25, -0.2) is 0 Å². The van der Waals surface area contributed by atoms with Gasteiger partial charge in [-0.2, -0.15) is 5.10 Å². The van der Waals surface area contributed by atoms with Gasteiger partial charge in [0.2, 0.25) is 5.91 Å². The molecule has 1 atom stereocenters. The van der Waals surface area contributed by atoms with Crippen LogP contribution in [0.15, 0.2) is 42.6 Å². The summed E-state index contributed by atoms with van der Waals surface area (Å²) in [6.07, 6.45) is 5.13. The monoisotopic (exact) mass is 329 g/mol. The average molecular weight is 329 g/mol. The fraction of sp³-hybridized carbons (Fsp3) is 0.444. The normalized spacial score (nSPS) is 18.1. The highest BCUT2D eigenvalue weighted by atomic mass is 32.2. The smallest absolute Gasteiger partial charge is 0.233 e. The number of rotatable bonds is 5. The number of hydrogen-bond donors (Lipinski definition) is 0. The van der Waals surface area contributed by atoms with E-state index >= 15 is 0 Å². The molecule has 23 heavy (non-hydrogen) atoms. The Morgan fingerprint density at radius 3 is 2.83 bits per heavy atom. The number of aryl methyl sites for hydroxylation is 1. The average Bonchev–Trinajstić information content (AvgIpc) is 3.01. The molecule has 1 amide bonds. The van der Waals surface area contributed by atoms with Crippen LogP contribution < -0.4 is 0 Å². The van der Waals surface area contributed by atoms with Gasteiger partial charge in [0.05, 0.1) is 17.5 Å². The van der Waals surface area contributed by atoms with Gasteiger partial charge in [0, 0.05) is 25.5 Å². The third kappa shape index (κ3) is 3.96. The van der Waals surface area contributed by atoms with E-state index < -0.39 is 0 Å². The Kier molecular flexibility index (Phi) is 5.39. The minimum Gasteiger partial charge on any atom is -0.333 e. The zero-order valence-corrected chi connectivity index (χ0v) is 14.3. The van der Waals surface area contributed by atoms with Crippen molar-refractivity contribution in [2.24, 2.45) is 7.05 Å². The summed E-state index contributed by atoms with van der Waals surface area (Å²) >= 11 is 1.70. The summed E-state index contributed by atoms with van der Waals surface area (Å²) in [5.41, 5.74) is 2.42. The molecule has 1 aromatic carbocycles. The molecule has 4 nitrogen and oxygen atoms in total. The summed E-state index contributed by atoms with van der Waals surface area (Å²) in [6, 6.07) is 12.5. The Labute approximate surface area is 141 Å². The summed E-state index contributed by atoms with van der Waals surface area (Å²) in [5.74, 6) is 1.68. The van der Waals surface area contributed by atoms with Crippen molar-refractivity contribution in [3.8, 4) is 0 Å². The molecule has 1 aromatic heterocycles. The Hall–Kier alpha value is -1.75. The molecule has 3 rings (SSSR count). The van der Waals surface area contributed by atoms with Crippen LogP contribution in [-0.2, 0) is 17.6 Å². The van der Waals surface area contributed by atoms with Crippen molar-refractivity contribution in [3.63, 3.8) is 0 Å². The van der Waals surface area contributed by atoms with Gasteiger partial charge in [-0.1, -0.05) is 30.3 Å². The number of carbonyl (C=O) groups is 1. The van der Waals surface area contributed by atoms with Gasteiger partial charge in [-0.15, -0.1) is 11.8 Å². The highest BCUT2D eigenvalue weighted by Crippen LogP contribution is 2.31. The number of likely N-dealkylation sites (tertiary alicyclic amines) is 1. The molecule has 1 saturated heterocycles. The standard InChI is InChI=1S/C18H23N3OS/c1-20-16(10-11-19-20)17-9-5-6-12-21(17)18(22)14-23-13-15-7-3-2-4-8-15/h2-4,7-8,10-11,17H,5-6,9,12-14H2,1H3. The van der Waals surface area contributed by atoms with Crippen LogP contribution in [0.4, 0.5) is 0 Å². The van der Waals surface area contributed by atoms with Crippen molar-refractivity contribution >= 4 is 17.7 Å². The first-order valence-electron chi connectivity index (χ1n) is 8.15.